The van der Waals surface area contributed by atoms with Crippen LogP contribution >= 0.6 is 0 Å². The Morgan fingerprint density at radius 2 is 1.61 bits per heavy atom. The molecule has 0 unspecified atom stereocenters. The van der Waals surface area contributed by atoms with Crippen molar-refractivity contribution >= 4 is 10.8 Å². The standard InChI is InChI=1S/C26H33N3O4/c1-16-11-18(12-17(2)24(16)30)21-13-19-14-22(32-3)20(15-28-9-7-5-6-8-10-28)25(33-4)23(19)26(31)29(21)27/h11-14,30H,5-10,15,27H2,1-4H3. The number of aromatic nitrogens is 1. The molecule has 0 spiro atoms. The number of pyridine rings is 1. The highest BCUT2D eigenvalue weighted by Gasteiger charge is 2.23. The molecule has 0 bridgehead atoms. The Morgan fingerprint density at radius 1 is 0.970 bits per heavy atom. The largest absolute Gasteiger partial charge is 0.507 e. The minimum absolute atomic E-state index is 0.243. The molecule has 2 aromatic carbocycles. The normalized spacial score (nSPS) is 14.9. The topological polar surface area (TPSA) is 89.9 Å². The van der Waals surface area contributed by atoms with Crippen LogP contribution in [0.5, 0.6) is 17.2 Å². The Balaban J connectivity index is 1.91. The van der Waals surface area contributed by atoms with Gasteiger partial charge in [0.05, 0.1) is 30.9 Å². The molecule has 2 heterocycles. The number of rotatable bonds is 5. The average Bonchev–Trinajstić information content (AvgIpc) is 3.08. The van der Waals surface area contributed by atoms with Crippen LogP contribution in [0.25, 0.3) is 22.0 Å². The van der Waals surface area contributed by atoms with Crippen molar-refractivity contribution < 1.29 is 14.6 Å². The van der Waals surface area contributed by atoms with E-state index in [1.54, 1.807) is 14.2 Å². The first-order valence-corrected chi connectivity index (χ1v) is 11.5. The third-order valence-corrected chi connectivity index (χ3v) is 6.65. The minimum Gasteiger partial charge on any atom is -0.507 e. The quantitative estimate of drug-likeness (QED) is 0.568. The summed E-state index contributed by atoms with van der Waals surface area (Å²) in [4.78, 5) is 15.9. The predicted molar refractivity (Wildman–Crippen MR) is 132 cm³/mol. The van der Waals surface area contributed by atoms with Gasteiger partial charge in [0.2, 0.25) is 0 Å². The molecule has 1 saturated heterocycles. The zero-order valence-corrected chi connectivity index (χ0v) is 19.9. The van der Waals surface area contributed by atoms with Gasteiger partial charge in [0.1, 0.15) is 17.2 Å². The van der Waals surface area contributed by atoms with Crippen LogP contribution in [0.2, 0.25) is 0 Å². The molecule has 4 rings (SSSR count). The second kappa shape index (κ2) is 9.35. The van der Waals surface area contributed by atoms with Crippen molar-refractivity contribution in [2.75, 3.05) is 33.2 Å². The highest BCUT2D eigenvalue weighted by atomic mass is 16.5. The molecule has 1 aliphatic heterocycles. The first kappa shape index (κ1) is 23.0. The number of phenols is 1. The van der Waals surface area contributed by atoms with Gasteiger partial charge in [0, 0.05) is 12.1 Å². The molecule has 0 radical (unpaired) electrons. The summed E-state index contributed by atoms with van der Waals surface area (Å²) in [5, 5.41) is 11.3. The third kappa shape index (κ3) is 4.25. The molecule has 3 aromatic rings. The Labute approximate surface area is 194 Å². The van der Waals surface area contributed by atoms with Crippen LogP contribution in [0.4, 0.5) is 0 Å². The molecule has 33 heavy (non-hydrogen) atoms. The monoisotopic (exact) mass is 451 g/mol. The van der Waals surface area contributed by atoms with E-state index in [9.17, 15) is 9.90 Å². The van der Waals surface area contributed by atoms with Crippen LogP contribution in [-0.2, 0) is 6.54 Å². The molecule has 176 valence electrons. The summed E-state index contributed by atoms with van der Waals surface area (Å²) in [6.07, 6.45) is 4.84. The van der Waals surface area contributed by atoms with Crippen molar-refractivity contribution in [1.82, 2.24) is 9.58 Å². The number of fused-ring (bicyclic) bond motifs is 1. The van der Waals surface area contributed by atoms with Gasteiger partial charge in [-0.15, -0.1) is 0 Å². The van der Waals surface area contributed by atoms with Crippen LogP contribution in [0.15, 0.2) is 29.1 Å². The summed E-state index contributed by atoms with van der Waals surface area (Å²) in [5.41, 5.74) is 3.30. The van der Waals surface area contributed by atoms with Crippen molar-refractivity contribution in [3.63, 3.8) is 0 Å². The van der Waals surface area contributed by atoms with Crippen LogP contribution in [0, 0.1) is 13.8 Å². The second-order valence-electron chi connectivity index (χ2n) is 8.91. The summed E-state index contributed by atoms with van der Waals surface area (Å²) in [7, 11) is 3.23. The maximum absolute atomic E-state index is 13.5. The Bertz CT molecular complexity index is 1220. The lowest BCUT2D eigenvalue weighted by Crippen LogP contribution is -2.29. The summed E-state index contributed by atoms with van der Waals surface area (Å²) in [6, 6.07) is 7.43. The summed E-state index contributed by atoms with van der Waals surface area (Å²) >= 11 is 0. The maximum atomic E-state index is 13.5. The molecule has 7 nitrogen and oxygen atoms in total. The Hall–Kier alpha value is -3.19. The smallest absolute Gasteiger partial charge is 0.280 e. The van der Waals surface area contributed by atoms with E-state index in [4.69, 9.17) is 15.3 Å². The number of nitrogens with two attached hydrogens (primary N) is 1. The number of aromatic hydroxyl groups is 1. The first-order chi connectivity index (χ1) is 15.8. The molecule has 1 fully saturated rings. The van der Waals surface area contributed by atoms with Crippen LogP contribution in [0.1, 0.15) is 42.4 Å². The van der Waals surface area contributed by atoms with E-state index in [0.717, 1.165) is 40.0 Å². The number of aryl methyl sites for hydroxylation is 2. The fraction of sp³-hybridized carbons (Fsp3) is 0.423. The number of ether oxygens (including phenoxy) is 2. The SMILES string of the molecule is COc1cc2cc(-c3cc(C)c(O)c(C)c3)n(N)c(=O)c2c(OC)c1CN1CCCCCC1. The van der Waals surface area contributed by atoms with E-state index in [-0.39, 0.29) is 11.3 Å². The van der Waals surface area contributed by atoms with Gasteiger partial charge in [-0.3, -0.25) is 9.69 Å². The number of methoxy groups -OCH3 is 2. The van der Waals surface area contributed by atoms with Crippen molar-refractivity contribution in [3.8, 4) is 28.5 Å². The molecule has 1 aliphatic rings. The lowest BCUT2D eigenvalue weighted by atomic mass is 9.99. The van der Waals surface area contributed by atoms with E-state index < -0.39 is 0 Å². The number of nitrogen functional groups attached to an aromatic ring is 1. The van der Waals surface area contributed by atoms with Gasteiger partial charge < -0.3 is 20.4 Å². The maximum Gasteiger partial charge on any atom is 0.280 e. The Kier molecular flexibility index (Phi) is 6.51. The van der Waals surface area contributed by atoms with Gasteiger partial charge in [-0.05, 0) is 80.6 Å². The van der Waals surface area contributed by atoms with Gasteiger partial charge in [0.25, 0.3) is 5.56 Å². The van der Waals surface area contributed by atoms with Gasteiger partial charge >= 0.3 is 0 Å². The molecule has 3 N–H and O–H groups in total. The molecule has 1 aromatic heterocycles. The fourth-order valence-corrected chi connectivity index (χ4v) is 4.88. The van der Waals surface area contributed by atoms with Crippen LogP contribution in [0.3, 0.4) is 0 Å². The fourth-order valence-electron chi connectivity index (χ4n) is 4.88. The van der Waals surface area contributed by atoms with Crippen molar-refractivity contribution in [1.29, 1.82) is 0 Å². The predicted octanol–water partition coefficient (Wildman–Crippen LogP) is 4.10. The van der Waals surface area contributed by atoms with E-state index in [2.05, 4.69) is 4.90 Å². The number of benzene rings is 2. The zero-order chi connectivity index (χ0) is 23.7. The van der Waals surface area contributed by atoms with Crippen molar-refractivity contribution in [3.05, 3.63) is 51.3 Å². The average molecular weight is 452 g/mol. The molecule has 0 saturated carbocycles. The van der Waals surface area contributed by atoms with Gasteiger partial charge in [-0.1, -0.05) is 12.8 Å². The van der Waals surface area contributed by atoms with E-state index in [1.165, 1.54) is 25.7 Å². The zero-order valence-electron chi connectivity index (χ0n) is 19.9. The van der Waals surface area contributed by atoms with Gasteiger partial charge in [0.15, 0.2) is 0 Å². The van der Waals surface area contributed by atoms with Gasteiger partial charge in [-0.2, -0.15) is 0 Å². The lowest BCUT2D eigenvalue weighted by Gasteiger charge is -2.24. The van der Waals surface area contributed by atoms with E-state index >= 15 is 0 Å². The summed E-state index contributed by atoms with van der Waals surface area (Å²) in [6.45, 7) is 6.35. The number of likely N-dealkylation sites (tertiary alicyclic amines) is 1. The van der Waals surface area contributed by atoms with Gasteiger partial charge in [-0.25, -0.2) is 4.68 Å². The first-order valence-electron chi connectivity index (χ1n) is 11.5. The third-order valence-electron chi connectivity index (χ3n) is 6.65. The number of hydrogen-bond acceptors (Lipinski definition) is 6. The lowest BCUT2D eigenvalue weighted by molar-refractivity contribution is 0.266. The Morgan fingerprint density at radius 3 is 2.18 bits per heavy atom. The number of phenolic OH excluding ortho intramolecular Hbond substituents is 1. The van der Waals surface area contributed by atoms with Crippen molar-refractivity contribution in [2.45, 2.75) is 46.1 Å². The minimum atomic E-state index is -0.331. The summed E-state index contributed by atoms with van der Waals surface area (Å²) in [5.74, 6) is 7.77. The van der Waals surface area contributed by atoms with Crippen LogP contribution < -0.4 is 20.9 Å². The van der Waals surface area contributed by atoms with E-state index in [0.29, 0.717) is 34.5 Å². The molecule has 7 heteroatoms. The highest BCUT2D eigenvalue weighted by molar-refractivity contribution is 5.93. The molecule has 0 aliphatic carbocycles. The molecule has 0 atom stereocenters. The van der Waals surface area contributed by atoms with Crippen LogP contribution in [-0.4, -0.2) is 42.0 Å². The molecular weight excluding hydrogens is 418 g/mol. The summed E-state index contributed by atoms with van der Waals surface area (Å²) < 4.78 is 12.7. The number of hydrogen-bond donors (Lipinski definition) is 2. The molecule has 0 amide bonds. The second-order valence-corrected chi connectivity index (χ2v) is 8.91. The highest BCUT2D eigenvalue weighted by Crippen LogP contribution is 2.38. The molecular formula is C26H33N3O4. The van der Waals surface area contributed by atoms with Crippen molar-refractivity contribution in [2.24, 2.45) is 0 Å². The van der Waals surface area contributed by atoms with E-state index in [1.807, 2.05) is 38.1 Å². The number of nitrogens with zero attached hydrogens (tertiary/aromatic N) is 2.